The molecule has 0 amide bonds. The van der Waals surface area contributed by atoms with Gasteiger partial charge in [-0.2, -0.15) is 0 Å². The fourth-order valence-corrected chi connectivity index (χ4v) is 1.20. The van der Waals surface area contributed by atoms with Crippen molar-refractivity contribution in [2.45, 2.75) is 32.9 Å². The zero-order valence-electron chi connectivity index (χ0n) is 9.32. The van der Waals surface area contributed by atoms with E-state index in [1.54, 1.807) is 20.0 Å². The summed E-state index contributed by atoms with van der Waals surface area (Å²) in [6.45, 7) is 6.55. The van der Waals surface area contributed by atoms with Crippen LogP contribution >= 0.6 is 0 Å². The van der Waals surface area contributed by atoms with Gasteiger partial charge in [-0.1, -0.05) is 0 Å². The Morgan fingerprint density at radius 1 is 1.67 bits per heavy atom. The molecule has 0 saturated heterocycles. The molecule has 1 aromatic heterocycles. The Morgan fingerprint density at radius 3 is 2.80 bits per heavy atom. The molecule has 15 heavy (non-hydrogen) atoms. The second-order valence-electron chi connectivity index (χ2n) is 4.02. The van der Waals surface area contributed by atoms with Crippen LogP contribution in [0.4, 0.5) is 0 Å². The van der Waals surface area contributed by atoms with Crippen LogP contribution < -0.4 is 5.32 Å². The Bertz CT molecular complexity index is 344. The molecule has 1 aromatic rings. The van der Waals surface area contributed by atoms with Gasteiger partial charge >= 0.3 is 5.97 Å². The third kappa shape index (κ3) is 3.06. The number of nitrogens with one attached hydrogen (secondary N) is 1. The first-order valence-electron chi connectivity index (χ1n) is 4.89. The number of carboxylic acid groups (broad SMARTS) is 1. The standard InChI is InChI=1S/C10H17N3O2/c1-8-11-4-6-13(8)7-5-12-10(2,3)9(14)15/h4,6,12H,5,7H2,1-3H3,(H,14,15). The molecule has 5 heteroatoms. The van der Waals surface area contributed by atoms with Gasteiger partial charge in [0.1, 0.15) is 11.4 Å². The molecule has 2 N–H and O–H groups in total. The Hall–Kier alpha value is -1.36. The summed E-state index contributed by atoms with van der Waals surface area (Å²) in [5.41, 5.74) is -0.880. The number of carbonyl (C=O) groups is 1. The maximum absolute atomic E-state index is 10.8. The lowest BCUT2D eigenvalue weighted by atomic mass is 10.1. The molecule has 0 fully saturated rings. The maximum atomic E-state index is 10.8. The van der Waals surface area contributed by atoms with Crippen molar-refractivity contribution in [2.75, 3.05) is 6.54 Å². The minimum absolute atomic E-state index is 0.608. The van der Waals surface area contributed by atoms with E-state index < -0.39 is 11.5 Å². The van der Waals surface area contributed by atoms with Crippen LogP contribution in [0.1, 0.15) is 19.7 Å². The third-order valence-electron chi connectivity index (χ3n) is 2.38. The largest absolute Gasteiger partial charge is 0.480 e. The van der Waals surface area contributed by atoms with Crippen molar-refractivity contribution in [3.05, 3.63) is 18.2 Å². The number of aliphatic carboxylic acids is 1. The fourth-order valence-electron chi connectivity index (χ4n) is 1.20. The van der Waals surface area contributed by atoms with E-state index in [1.807, 2.05) is 17.7 Å². The summed E-state index contributed by atoms with van der Waals surface area (Å²) >= 11 is 0. The summed E-state index contributed by atoms with van der Waals surface area (Å²) in [5, 5.41) is 11.8. The highest BCUT2D eigenvalue weighted by molar-refractivity contribution is 5.77. The minimum atomic E-state index is -0.880. The number of aromatic nitrogens is 2. The Balaban J connectivity index is 2.40. The van der Waals surface area contributed by atoms with Crippen molar-refractivity contribution in [1.82, 2.24) is 14.9 Å². The average Bonchev–Trinajstić information content (AvgIpc) is 2.51. The van der Waals surface area contributed by atoms with E-state index >= 15 is 0 Å². The lowest BCUT2D eigenvalue weighted by Gasteiger charge is -2.21. The zero-order chi connectivity index (χ0) is 11.5. The molecule has 1 heterocycles. The van der Waals surface area contributed by atoms with E-state index in [2.05, 4.69) is 10.3 Å². The highest BCUT2D eigenvalue weighted by Crippen LogP contribution is 2.01. The van der Waals surface area contributed by atoms with Gasteiger partial charge in [0.2, 0.25) is 0 Å². The molecular weight excluding hydrogens is 194 g/mol. The van der Waals surface area contributed by atoms with Crippen LogP contribution in [-0.2, 0) is 11.3 Å². The van der Waals surface area contributed by atoms with E-state index in [0.717, 1.165) is 12.4 Å². The maximum Gasteiger partial charge on any atom is 0.323 e. The van der Waals surface area contributed by atoms with E-state index in [1.165, 1.54) is 0 Å². The smallest absolute Gasteiger partial charge is 0.323 e. The molecule has 0 bridgehead atoms. The van der Waals surface area contributed by atoms with E-state index in [0.29, 0.717) is 6.54 Å². The number of carboxylic acids is 1. The Labute approximate surface area is 89.1 Å². The first kappa shape index (κ1) is 11.7. The number of hydrogen-bond donors (Lipinski definition) is 2. The Kier molecular flexibility index (Phi) is 3.47. The molecule has 1 rings (SSSR count). The SMILES string of the molecule is Cc1nccn1CCNC(C)(C)C(=O)O. The summed E-state index contributed by atoms with van der Waals surface area (Å²) in [6, 6.07) is 0. The lowest BCUT2D eigenvalue weighted by molar-refractivity contribution is -0.143. The molecular formula is C10H17N3O2. The second kappa shape index (κ2) is 4.44. The highest BCUT2D eigenvalue weighted by Gasteiger charge is 2.25. The van der Waals surface area contributed by atoms with Crippen molar-refractivity contribution < 1.29 is 9.90 Å². The molecule has 0 atom stereocenters. The monoisotopic (exact) mass is 211 g/mol. The summed E-state index contributed by atoms with van der Waals surface area (Å²) < 4.78 is 1.98. The molecule has 0 aliphatic heterocycles. The summed E-state index contributed by atoms with van der Waals surface area (Å²) in [5.74, 6) is 0.0924. The molecule has 0 aliphatic rings. The van der Waals surface area contributed by atoms with Gasteiger partial charge < -0.3 is 15.0 Å². The number of hydrogen-bond acceptors (Lipinski definition) is 3. The fraction of sp³-hybridized carbons (Fsp3) is 0.600. The summed E-state index contributed by atoms with van der Waals surface area (Å²) in [7, 11) is 0. The second-order valence-corrected chi connectivity index (χ2v) is 4.02. The Morgan fingerprint density at radius 2 is 2.33 bits per heavy atom. The van der Waals surface area contributed by atoms with E-state index in [9.17, 15) is 4.79 Å². The van der Waals surface area contributed by atoms with Gasteiger partial charge in [0.15, 0.2) is 0 Å². The first-order valence-corrected chi connectivity index (χ1v) is 4.89. The van der Waals surface area contributed by atoms with Crippen LogP contribution in [-0.4, -0.2) is 32.7 Å². The normalized spacial score (nSPS) is 11.7. The van der Waals surface area contributed by atoms with Crippen LogP contribution in [0.2, 0.25) is 0 Å². The molecule has 0 aromatic carbocycles. The van der Waals surface area contributed by atoms with Crippen molar-refractivity contribution in [3.8, 4) is 0 Å². The zero-order valence-corrected chi connectivity index (χ0v) is 9.32. The van der Waals surface area contributed by atoms with Crippen LogP contribution in [0.25, 0.3) is 0 Å². The number of nitrogens with zero attached hydrogens (tertiary/aromatic N) is 2. The van der Waals surface area contributed by atoms with Gasteiger partial charge in [-0.3, -0.25) is 4.79 Å². The molecule has 0 saturated carbocycles. The molecule has 0 unspecified atom stereocenters. The first-order chi connectivity index (χ1) is 6.93. The van der Waals surface area contributed by atoms with Crippen molar-refractivity contribution in [1.29, 1.82) is 0 Å². The molecule has 84 valence electrons. The number of rotatable bonds is 5. The van der Waals surface area contributed by atoms with Crippen LogP contribution in [0, 0.1) is 6.92 Å². The van der Waals surface area contributed by atoms with Crippen LogP contribution in [0.3, 0.4) is 0 Å². The average molecular weight is 211 g/mol. The van der Waals surface area contributed by atoms with Crippen molar-refractivity contribution in [3.63, 3.8) is 0 Å². The van der Waals surface area contributed by atoms with E-state index in [-0.39, 0.29) is 0 Å². The summed E-state index contributed by atoms with van der Waals surface area (Å²) in [4.78, 5) is 14.9. The molecule has 5 nitrogen and oxygen atoms in total. The van der Waals surface area contributed by atoms with Crippen molar-refractivity contribution in [2.24, 2.45) is 0 Å². The van der Waals surface area contributed by atoms with Gasteiger partial charge in [-0.05, 0) is 20.8 Å². The van der Waals surface area contributed by atoms with E-state index in [4.69, 9.17) is 5.11 Å². The molecule has 0 spiro atoms. The van der Waals surface area contributed by atoms with Gasteiger partial charge in [0.25, 0.3) is 0 Å². The number of imidazole rings is 1. The summed E-state index contributed by atoms with van der Waals surface area (Å²) in [6.07, 6.45) is 3.61. The van der Waals surface area contributed by atoms with Gasteiger partial charge in [-0.25, -0.2) is 4.98 Å². The van der Waals surface area contributed by atoms with Gasteiger partial charge in [0, 0.05) is 25.5 Å². The predicted octanol–water partition coefficient (Wildman–Crippen LogP) is 0.644. The highest BCUT2D eigenvalue weighted by atomic mass is 16.4. The van der Waals surface area contributed by atoms with Crippen LogP contribution in [0.15, 0.2) is 12.4 Å². The lowest BCUT2D eigenvalue weighted by Crippen LogP contribution is -2.47. The third-order valence-corrected chi connectivity index (χ3v) is 2.38. The predicted molar refractivity (Wildman–Crippen MR) is 56.7 cm³/mol. The quantitative estimate of drug-likeness (QED) is 0.750. The topological polar surface area (TPSA) is 67.2 Å². The minimum Gasteiger partial charge on any atom is -0.480 e. The molecule has 0 aliphatic carbocycles. The van der Waals surface area contributed by atoms with Crippen molar-refractivity contribution >= 4 is 5.97 Å². The number of aryl methyl sites for hydroxylation is 1. The van der Waals surface area contributed by atoms with Crippen LogP contribution in [0.5, 0.6) is 0 Å². The van der Waals surface area contributed by atoms with Gasteiger partial charge in [-0.15, -0.1) is 0 Å². The van der Waals surface area contributed by atoms with Gasteiger partial charge in [0.05, 0.1) is 0 Å². The molecule has 0 radical (unpaired) electrons.